The Morgan fingerprint density at radius 2 is 2.44 bits per heavy atom. The molecule has 0 radical (unpaired) electrons. The van der Waals surface area contributed by atoms with Crippen LogP contribution in [-0.4, -0.2) is 45.4 Å². The molecule has 0 fully saturated rings. The molecule has 6 heteroatoms. The highest BCUT2D eigenvalue weighted by Gasteiger charge is 2.13. The molecule has 0 aliphatic carbocycles. The van der Waals surface area contributed by atoms with Crippen LogP contribution in [0.5, 0.6) is 0 Å². The van der Waals surface area contributed by atoms with Gasteiger partial charge in [-0.15, -0.1) is 0 Å². The molecule has 0 aliphatic heterocycles. The molecule has 1 aromatic heterocycles. The first-order chi connectivity index (χ1) is 7.56. The van der Waals surface area contributed by atoms with E-state index in [-0.39, 0.29) is 11.9 Å². The summed E-state index contributed by atoms with van der Waals surface area (Å²) in [7, 11) is 3.86. The van der Waals surface area contributed by atoms with Gasteiger partial charge in [0.25, 0.3) is 0 Å². The number of rotatable bonds is 5. The van der Waals surface area contributed by atoms with Crippen LogP contribution in [-0.2, 0) is 13.5 Å². The molecule has 1 rings (SSSR count). The van der Waals surface area contributed by atoms with Crippen molar-refractivity contribution in [2.24, 2.45) is 17.9 Å². The molecule has 3 N–H and O–H groups in total. The summed E-state index contributed by atoms with van der Waals surface area (Å²) < 4.78 is 1.85. The molecule has 0 amide bonds. The van der Waals surface area contributed by atoms with Crippen LogP contribution in [0.4, 0.5) is 0 Å². The van der Waals surface area contributed by atoms with E-state index in [9.17, 15) is 0 Å². The summed E-state index contributed by atoms with van der Waals surface area (Å²) >= 11 is 0. The Bertz CT molecular complexity index is 360. The maximum atomic E-state index is 8.57. The molecule has 0 aliphatic rings. The number of aryl methyl sites for hydroxylation is 1. The van der Waals surface area contributed by atoms with Gasteiger partial charge in [0, 0.05) is 31.9 Å². The lowest BCUT2D eigenvalue weighted by Gasteiger charge is -2.23. The van der Waals surface area contributed by atoms with E-state index in [0.717, 1.165) is 13.0 Å². The smallest absolute Gasteiger partial charge is 0.156 e. The van der Waals surface area contributed by atoms with E-state index in [1.807, 2.05) is 36.7 Å². The molecule has 0 spiro atoms. The molecule has 0 saturated heterocycles. The number of hydrogen-bond acceptors (Lipinski definition) is 4. The molecule has 0 saturated carbocycles. The summed E-state index contributed by atoms with van der Waals surface area (Å²) in [5, 5.41) is 15.7. The van der Waals surface area contributed by atoms with Gasteiger partial charge < -0.3 is 10.9 Å². The van der Waals surface area contributed by atoms with Crippen molar-refractivity contribution in [2.45, 2.75) is 19.4 Å². The Balaban J connectivity index is 2.47. The van der Waals surface area contributed by atoms with Crippen molar-refractivity contribution in [1.29, 1.82) is 0 Å². The van der Waals surface area contributed by atoms with Gasteiger partial charge in [-0.3, -0.25) is 9.58 Å². The van der Waals surface area contributed by atoms with E-state index in [1.165, 1.54) is 5.69 Å². The summed E-state index contributed by atoms with van der Waals surface area (Å²) in [4.78, 5) is 2.03. The lowest BCUT2D eigenvalue weighted by molar-refractivity contribution is 0.285. The monoisotopic (exact) mass is 225 g/mol. The number of nitrogens with zero attached hydrogens (tertiary/aromatic N) is 4. The minimum Gasteiger partial charge on any atom is -0.409 e. The zero-order chi connectivity index (χ0) is 12.1. The molecule has 6 nitrogen and oxygen atoms in total. The van der Waals surface area contributed by atoms with E-state index in [1.54, 1.807) is 6.20 Å². The quantitative estimate of drug-likeness (QED) is 0.321. The van der Waals surface area contributed by atoms with Gasteiger partial charge in [-0.1, -0.05) is 5.16 Å². The first kappa shape index (κ1) is 12.5. The van der Waals surface area contributed by atoms with Crippen LogP contribution in [0.2, 0.25) is 0 Å². The van der Waals surface area contributed by atoms with E-state index in [4.69, 9.17) is 10.9 Å². The maximum Gasteiger partial charge on any atom is 0.156 e. The minimum absolute atomic E-state index is 0.0711. The molecule has 1 heterocycles. The number of oxime groups is 1. The van der Waals surface area contributed by atoms with Gasteiger partial charge in [0.2, 0.25) is 0 Å². The Labute approximate surface area is 95.3 Å². The molecular weight excluding hydrogens is 206 g/mol. The molecule has 1 unspecified atom stereocenters. The fraction of sp³-hybridized carbons (Fsp3) is 0.600. The number of likely N-dealkylation sites (N-methyl/N-ethyl adjacent to an activating group) is 1. The standard InChI is InChI=1S/C10H19N5O/c1-8(10(11)13-16)14(2)7-5-9-4-6-12-15(9)3/h4,6,8,16H,5,7H2,1-3H3,(H2,11,13). The van der Waals surface area contributed by atoms with Crippen molar-refractivity contribution in [1.82, 2.24) is 14.7 Å². The van der Waals surface area contributed by atoms with Gasteiger partial charge in [0.1, 0.15) is 0 Å². The number of hydrogen-bond donors (Lipinski definition) is 2. The lowest BCUT2D eigenvalue weighted by Crippen LogP contribution is -2.41. The summed E-state index contributed by atoms with van der Waals surface area (Å²) in [5.74, 6) is 0.229. The molecule has 0 aromatic carbocycles. The van der Waals surface area contributed by atoms with Crippen molar-refractivity contribution in [2.75, 3.05) is 13.6 Å². The van der Waals surface area contributed by atoms with Gasteiger partial charge >= 0.3 is 0 Å². The number of nitrogens with two attached hydrogens (primary N) is 1. The van der Waals surface area contributed by atoms with Gasteiger partial charge in [-0.05, 0) is 20.0 Å². The summed E-state index contributed by atoms with van der Waals surface area (Å²) in [5.41, 5.74) is 6.70. The zero-order valence-corrected chi connectivity index (χ0v) is 9.96. The second-order valence-corrected chi connectivity index (χ2v) is 3.88. The number of aromatic nitrogens is 2. The molecular formula is C10H19N5O. The topological polar surface area (TPSA) is 79.7 Å². The fourth-order valence-corrected chi connectivity index (χ4v) is 1.44. The van der Waals surface area contributed by atoms with Crippen LogP contribution in [0.15, 0.2) is 17.4 Å². The average Bonchev–Trinajstić information content (AvgIpc) is 2.69. The Hall–Kier alpha value is -1.56. The van der Waals surface area contributed by atoms with Gasteiger partial charge in [-0.2, -0.15) is 5.10 Å². The highest BCUT2D eigenvalue weighted by molar-refractivity contribution is 5.84. The first-order valence-corrected chi connectivity index (χ1v) is 5.20. The normalized spacial score (nSPS) is 14.4. The van der Waals surface area contributed by atoms with Crippen molar-refractivity contribution >= 4 is 5.84 Å². The summed E-state index contributed by atoms with van der Waals surface area (Å²) in [6, 6.07) is 1.92. The Morgan fingerprint density at radius 1 is 1.75 bits per heavy atom. The number of amidine groups is 1. The van der Waals surface area contributed by atoms with Crippen LogP contribution in [0.25, 0.3) is 0 Å². The van der Waals surface area contributed by atoms with Crippen LogP contribution in [0.1, 0.15) is 12.6 Å². The largest absolute Gasteiger partial charge is 0.409 e. The maximum absolute atomic E-state index is 8.57. The zero-order valence-electron chi connectivity index (χ0n) is 9.96. The molecule has 16 heavy (non-hydrogen) atoms. The third-order valence-electron chi connectivity index (χ3n) is 2.85. The average molecular weight is 225 g/mol. The molecule has 1 atom stereocenters. The van der Waals surface area contributed by atoms with Crippen LogP contribution >= 0.6 is 0 Å². The highest BCUT2D eigenvalue weighted by Crippen LogP contribution is 2.02. The van der Waals surface area contributed by atoms with E-state index in [2.05, 4.69) is 10.3 Å². The van der Waals surface area contributed by atoms with E-state index in [0.29, 0.717) is 0 Å². The summed E-state index contributed by atoms with van der Waals surface area (Å²) in [6.45, 7) is 2.73. The fourth-order valence-electron chi connectivity index (χ4n) is 1.44. The first-order valence-electron chi connectivity index (χ1n) is 5.20. The molecule has 1 aromatic rings. The van der Waals surface area contributed by atoms with E-state index >= 15 is 0 Å². The second-order valence-electron chi connectivity index (χ2n) is 3.88. The highest BCUT2D eigenvalue weighted by atomic mass is 16.4. The summed E-state index contributed by atoms with van der Waals surface area (Å²) in [6.07, 6.45) is 2.67. The van der Waals surface area contributed by atoms with Gasteiger partial charge in [0.05, 0.1) is 6.04 Å². The van der Waals surface area contributed by atoms with E-state index < -0.39 is 0 Å². The predicted molar refractivity (Wildman–Crippen MR) is 62.4 cm³/mol. The third kappa shape index (κ3) is 2.96. The van der Waals surface area contributed by atoms with Gasteiger partial charge in [-0.25, -0.2) is 0 Å². The van der Waals surface area contributed by atoms with Crippen LogP contribution < -0.4 is 5.73 Å². The molecule has 0 bridgehead atoms. The predicted octanol–water partition coefficient (Wildman–Crippen LogP) is 0.0293. The Kier molecular flexibility index (Phi) is 4.30. The lowest BCUT2D eigenvalue weighted by atomic mass is 10.2. The van der Waals surface area contributed by atoms with Gasteiger partial charge in [0.15, 0.2) is 5.84 Å². The Morgan fingerprint density at radius 3 is 2.94 bits per heavy atom. The molecule has 90 valence electrons. The second kappa shape index (κ2) is 5.50. The van der Waals surface area contributed by atoms with Crippen molar-refractivity contribution in [3.8, 4) is 0 Å². The van der Waals surface area contributed by atoms with Crippen LogP contribution in [0, 0.1) is 0 Å². The SMILES string of the molecule is CC(C(N)=NO)N(C)CCc1ccnn1C. The van der Waals surface area contributed by atoms with Crippen molar-refractivity contribution in [3.05, 3.63) is 18.0 Å². The third-order valence-corrected chi connectivity index (χ3v) is 2.85. The van der Waals surface area contributed by atoms with Crippen molar-refractivity contribution < 1.29 is 5.21 Å². The van der Waals surface area contributed by atoms with Crippen LogP contribution in [0.3, 0.4) is 0 Å². The van der Waals surface area contributed by atoms with Crippen molar-refractivity contribution in [3.63, 3.8) is 0 Å². The minimum atomic E-state index is -0.0711.